The molecule has 0 aliphatic rings. The van der Waals surface area contributed by atoms with Crippen molar-refractivity contribution in [1.29, 1.82) is 0 Å². The van der Waals surface area contributed by atoms with E-state index < -0.39 is 4.92 Å². The largest absolute Gasteiger partial charge is 0.309 e. The van der Waals surface area contributed by atoms with Crippen molar-refractivity contribution in [3.8, 4) is 5.69 Å². The number of nitro benzene ring substituents is 1. The zero-order valence-corrected chi connectivity index (χ0v) is 10.9. The number of benzene rings is 1. The molecular formula is C13H16N4O2. The first-order chi connectivity index (χ1) is 9.06. The molecule has 0 bridgehead atoms. The van der Waals surface area contributed by atoms with Gasteiger partial charge in [0, 0.05) is 30.9 Å². The van der Waals surface area contributed by atoms with Gasteiger partial charge in [0.2, 0.25) is 0 Å². The number of nitro groups is 1. The van der Waals surface area contributed by atoms with Crippen LogP contribution < -0.4 is 5.32 Å². The van der Waals surface area contributed by atoms with Crippen molar-refractivity contribution in [2.75, 3.05) is 0 Å². The maximum absolute atomic E-state index is 10.6. The summed E-state index contributed by atoms with van der Waals surface area (Å²) in [5, 5.41) is 18.3. The molecule has 2 aromatic rings. The quantitative estimate of drug-likeness (QED) is 0.661. The molecule has 2 rings (SSSR count). The van der Waals surface area contributed by atoms with Gasteiger partial charge in [-0.05, 0) is 18.2 Å². The van der Waals surface area contributed by atoms with Gasteiger partial charge in [-0.2, -0.15) is 5.10 Å². The number of nitrogens with zero attached hydrogens (tertiary/aromatic N) is 3. The van der Waals surface area contributed by atoms with E-state index in [1.54, 1.807) is 16.8 Å². The summed E-state index contributed by atoms with van der Waals surface area (Å²) in [4.78, 5) is 10.2. The van der Waals surface area contributed by atoms with E-state index in [4.69, 9.17) is 0 Å². The molecule has 0 saturated carbocycles. The molecular weight excluding hydrogens is 244 g/mol. The summed E-state index contributed by atoms with van der Waals surface area (Å²) in [5.41, 5.74) is 1.83. The van der Waals surface area contributed by atoms with E-state index in [1.165, 1.54) is 12.1 Å². The van der Waals surface area contributed by atoms with Gasteiger partial charge < -0.3 is 5.32 Å². The normalized spacial score (nSPS) is 10.9. The minimum atomic E-state index is -0.412. The Kier molecular flexibility index (Phi) is 3.91. The van der Waals surface area contributed by atoms with Crippen molar-refractivity contribution >= 4 is 5.69 Å². The van der Waals surface area contributed by atoms with Crippen LogP contribution in [0.3, 0.4) is 0 Å². The smallest absolute Gasteiger partial charge is 0.269 e. The third kappa shape index (κ3) is 3.38. The Bertz CT molecular complexity index is 560. The molecule has 6 nitrogen and oxygen atoms in total. The zero-order chi connectivity index (χ0) is 13.8. The SMILES string of the molecule is CC(C)NCc1ccn(-c2ccc([N+](=O)[O-])cc2)n1. The van der Waals surface area contributed by atoms with Crippen LogP contribution in [0.5, 0.6) is 0 Å². The lowest BCUT2D eigenvalue weighted by atomic mass is 10.3. The van der Waals surface area contributed by atoms with Gasteiger partial charge in [0.1, 0.15) is 0 Å². The monoisotopic (exact) mass is 260 g/mol. The molecule has 0 radical (unpaired) electrons. The molecule has 1 aromatic carbocycles. The fraction of sp³-hybridized carbons (Fsp3) is 0.308. The number of hydrogen-bond acceptors (Lipinski definition) is 4. The average Bonchev–Trinajstić information content (AvgIpc) is 2.85. The van der Waals surface area contributed by atoms with Gasteiger partial charge in [-0.15, -0.1) is 0 Å². The second-order valence-corrected chi connectivity index (χ2v) is 4.56. The van der Waals surface area contributed by atoms with Gasteiger partial charge >= 0.3 is 0 Å². The molecule has 1 N–H and O–H groups in total. The van der Waals surface area contributed by atoms with Crippen LogP contribution in [0, 0.1) is 10.1 Å². The summed E-state index contributed by atoms with van der Waals surface area (Å²) in [6, 6.07) is 8.66. The van der Waals surface area contributed by atoms with E-state index in [-0.39, 0.29) is 5.69 Å². The molecule has 0 saturated heterocycles. The predicted octanol–water partition coefficient (Wildman–Crippen LogP) is 2.28. The van der Waals surface area contributed by atoms with Crippen molar-refractivity contribution in [1.82, 2.24) is 15.1 Å². The molecule has 0 spiro atoms. The second-order valence-electron chi connectivity index (χ2n) is 4.56. The fourth-order valence-corrected chi connectivity index (χ4v) is 1.64. The molecule has 0 unspecified atom stereocenters. The van der Waals surface area contributed by atoms with Crippen molar-refractivity contribution in [3.63, 3.8) is 0 Å². The Morgan fingerprint density at radius 3 is 2.58 bits per heavy atom. The third-order valence-corrected chi connectivity index (χ3v) is 2.66. The third-order valence-electron chi connectivity index (χ3n) is 2.66. The fourth-order valence-electron chi connectivity index (χ4n) is 1.64. The van der Waals surface area contributed by atoms with Crippen molar-refractivity contribution in [3.05, 3.63) is 52.3 Å². The standard InChI is InChI=1S/C13H16N4O2/c1-10(2)14-9-11-7-8-16(15-11)12-3-5-13(6-4-12)17(18)19/h3-8,10,14H,9H2,1-2H3. The van der Waals surface area contributed by atoms with E-state index in [0.717, 1.165) is 11.4 Å². The summed E-state index contributed by atoms with van der Waals surface area (Å²) < 4.78 is 1.71. The first kappa shape index (κ1) is 13.2. The average molecular weight is 260 g/mol. The molecule has 0 aliphatic heterocycles. The summed E-state index contributed by atoms with van der Waals surface area (Å²) in [5.74, 6) is 0. The maximum atomic E-state index is 10.6. The number of hydrogen-bond donors (Lipinski definition) is 1. The topological polar surface area (TPSA) is 73.0 Å². The molecule has 100 valence electrons. The van der Waals surface area contributed by atoms with Crippen LogP contribution in [0.25, 0.3) is 5.69 Å². The van der Waals surface area contributed by atoms with E-state index >= 15 is 0 Å². The highest BCUT2D eigenvalue weighted by Crippen LogP contribution is 2.14. The first-order valence-electron chi connectivity index (χ1n) is 6.09. The number of nitrogens with one attached hydrogen (secondary N) is 1. The van der Waals surface area contributed by atoms with E-state index in [2.05, 4.69) is 24.3 Å². The van der Waals surface area contributed by atoms with Gasteiger partial charge in [0.15, 0.2) is 0 Å². The van der Waals surface area contributed by atoms with Gasteiger partial charge in [-0.25, -0.2) is 4.68 Å². The number of aromatic nitrogens is 2. The lowest BCUT2D eigenvalue weighted by Crippen LogP contribution is -2.22. The summed E-state index contributed by atoms with van der Waals surface area (Å²) in [6.07, 6.45) is 1.85. The molecule has 0 atom stereocenters. The van der Waals surface area contributed by atoms with Crippen LogP contribution in [-0.2, 0) is 6.54 Å². The molecule has 0 fully saturated rings. The minimum absolute atomic E-state index is 0.0811. The Morgan fingerprint density at radius 1 is 1.32 bits per heavy atom. The molecule has 0 amide bonds. The van der Waals surface area contributed by atoms with E-state index in [1.807, 2.05) is 12.3 Å². The van der Waals surface area contributed by atoms with Crippen molar-refractivity contribution < 1.29 is 4.92 Å². The highest BCUT2D eigenvalue weighted by molar-refractivity contribution is 5.40. The van der Waals surface area contributed by atoms with Gasteiger partial charge in [-0.1, -0.05) is 13.8 Å². The lowest BCUT2D eigenvalue weighted by Gasteiger charge is -2.05. The number of non-ortho nitro benzene ring substituents is 1. The highest BCUT2D eigenvalue weighted by Gasteiger charge is 2.06. The molecule has 6 heteroatoms. The lowest BCUT2D eigenvalue weighted by molar-refractivity contribution is -0.384. The summed E-state index contributed by atoms with van der Waals surface area (Å²) in [6.45, 7) is 4.86. The van der Waals surface area contributed by atoms with Gasteiger partial charge in [0.25, 0.3) is 5.69 Å². The van der Waals surface area contributed by atoms with Crippen LogP contribution in [0.1, 0.15) is 19.5 Å². The molecule has 1 aromatic heterocycles. The van der Waals surface area contributed by atoms with Crippen molar-refractivity contribution in [2.45, 2.75) is 26.4 Å². The molecule has 1 heterocycles. The minimum Gasteiger partial charge on any atom is -0.309 e. The summed E-state index contributed by atoms with van der Waals surface area (Å²) in [7, 11) is 0. The maximum Gasteiger partial charge on any atom is 0.269 e. The van der Waals surface area contributed by atoms with Crippen LogP contribution >= 0.6 is 0 Å². The van der Waals surface area contributed by atoms with Crippen molar-refractivity contribution in [2.24, 2.45) is 0 Å². The molecule has 19 heavy (non-hydrogen) atoms. The van der Waals surface area contributed by atoms with Crippen LogP contribution in [0.4, 0.5) is 5.69 Å². The van der Waals surface area contributed by atoms with Gasteiger partial charge in [0.05, 0.1) is 16.3 Å². The van der Waals surface area contributed by atoms with Crippen LogP contribution in [0.2, 0.25) is 0 Å². The second kappa shape index (κ2) is 5.62. The first-order valence-corrected chi connectivity index (χ1v) is 6.09. The highest BCUT2D eigenvalue weighted by atomic mass is 16.6. The zero-order valence-electron chi connectivity index (χ0n) is 10.9. The predicted molar refractivity (Wildman–Crippen MR) is 72.2 cm³/mol. The Morgan fingerprint density at radius 2 is 2.00 bits per heavy atom. The molecule has 0 aliphatic carbocycles. The van der Waals surface area contributed by atoms with E-state index in [0.29, 0.717) is 12.6 Å². The van der Waals surface area contributed by atoms with Crippen LogP contribution in [-0.4, -0.2) is 20.7 Å². The van der Waals surface area contributed by atoms with Gasteiger partial charge in [-0.3, -0.25) is 10.1 Å². The van der Waals surface area contributed by atoms with E-state index in [9.17, 15) is 10.1 Å². The Balaban J connectivity index is 2.11. The Hall–Kier alpha value is -2.21. The summed E-state index contributed by atoms with van der Waals surface area (Å²) >= 11 is 0. The Labute approximate surface area is 111 Å². The number of rotatable bonds is 5. The van der Waals surface area contributed by atoms with Crippen LogP contribution in [0.15, 0.2) is 36.5 Å².